The number of hydrogen-bond acceptors (Lipinski definition) is 6. The highest BCUT2D eigenvalue weighted by atomic mass is 19.4. The molecule has 1 fully saturated rings. The minimum atomic E-state index is -4.46. The lowest BCUT2D eigenvalue weighted by Gasteiger charge is -2.34. The summed E-state index contributed by atoms with van der Waals surface area (Å²) in [4.78, 5) is 24.4. The third kappa shape index (κ3) is 5.71. The second-order valence-corrected chi connectivity index (χ2v) is 7.44. The van der Waals surface area contributed by atoms with Crippen molar-refractivity contribution in [2.45, 2.75) is 13.1 Å². The van der Waals surface area contributed by atoms with Crippen molar-refractivity contribution >= 4 is 11.9 Å². The first-order valence-electron chi connectivity index (χ1n) is 10.2. The molecule has 2 aromatic heterocycles. The number of halogens is 3. The Morgan fingerprint density at radius 1 is 0.939 bits per heavy atom. The van der Waals surface area contributed by atoms with Gasteiger partial charge in [0.25, 0.3) is 0 Å². The number of aromatic nitrogens is 2. The summed E-state index contributed by atoms with van der Waals surface area (Å²) >= 11 is 0. The summed E-state index contributed by atoms with van der Waals surface area (Å²) in [5, 5.41) is 0. The molecule has 1 amide bonds. The number of pyridine rings is 2. The lowest BCUT2D eigenvalue weighted by molar-refractivity contribution is -0.137. The third-order valence-electron chi connectivity index (χ3n) is 5.05. The van der Waals surface area contributed by atoms with Crippen LogP contribution in [0.15, 0.2) is 60.8 Å². The number of amides is 1. The van der Waals surface area contributed by atoms with Crippen LogP contribution >= 0.6 is 0 Å². The molecule has 0 saturated carbocycles. The first-order chi connectivity index (χ1) is 15.8. The van der Waals surface area contributed by atoms with Gasteiger partial charge in [-0.15, -0.1) is 0 Å². The quantitative estimate of drug-likeness (QED) is 0.553. The lowest BCUT2D eigenvalue weighted by atomic mass is 10.3. The van der Waals surface area contributed by atoms with Crippen molar-refractivity contribution in [1.29, 1.82) is 0 Å². The van der Waals surface area contributed by atoms with Crippen molar-refractivity contribution in [2.24, 2.45) is 0 Å². The van der Waals surface area contributed by atoms with E-state index >= 15 is 0 Å². The normalized spacial score (nSPS) is 14.2. The van der Waals surface area contributed by atoms with Crippen LogP contribution in [0.1, 0.15) is 11.3 Å². The second-order valence-electron chi connectivity index (χ2n) is 7.44. The summed E-state index contributed by atoms with van der Waals surface area (Å²) in [6.45, 7) is 4.26. The van der Waals surface area contributed by atoms with E-state index in [0.717, 1.165) is 23.6 Å². The molecule has 10 heteroatoms. The molecule has 0 atom stereocenters. The molecule has 1 saturated heterocycles. The van der Waals surface area contributed by atoms with E-state index in [9.17, 15) is 18.0 Å². The minimum Gasteiger partial charge on any atom is -0.439 e. The summed E-state index contributed by atoms with van der Waals surface area (Å²) in [6, 6.07) is 14.1. The fraction of sp³-hybridized carbons (Fsp3) is 0.261. The molecule has 1 aromatic carbocycles. The maximum Gasteiger partial charge on any atom is 0.417 e. The summed E-state index contributed by atoms with van der Waals surface area (Å²) in [7, 11) is 0. The van der Waals surface area contributed by atoms with Gasteiger partial charge < -0.3 is 19.3 Å². The summed E-state index contributed by atoms with van der Waals surface area (Å²) < 4.78 is 48.7. The number of hydrogen-bond donors (Lipinski definition) is 0. The summed E-state index contributed by atoms with van der Waals surface area (Å²) in [5.74, 6) is 1.59. The topological polar surface area (TPSA) is 67.8 Å². The van der Waals surface area contributed by atoms with Crippen LogP contribution in [0.2, 0.25) is 0 Å². The maximum atomic E-state index is 12.6. The predicted octanol–water partition coefficient (Wildman–Crippen LogP) is 4.92. The fourth-order valence-electron chi connectivity index (χ4n) is 3.29. The number of anilines is 1. The van der Waals surface area contributed by atoms with Gasteiger partial charge in [0.1, 0.15) is 17.3 Å². The van der Waals surface area contributed by atoms with Gasteiger partial charge in [0.15, 0.2) is 0 Å². The van der Waals surface area contributed by atoms with E-state index in [4.69, 9.17) is 9.47 Å². The Balaban J connectivity index is 1.29. The average molecular weight is 458 g/mol. The van der Waals surface area contributed by atoms with E-state index in [2.05, 4.69) is 14.9 Å². The Bertz CT molecular complexity index is 1100. The highest BCUT2D eigenvalue weighted by molar-refractivity contribution is 5.71. The molecule has 1 aliphatic heterocycles. The maximum absolute atomic E-state index is 12.6. The zero-order valence-electron chi connectivity index (χ0n) is 17.7. The number of aryl methyl sites for hydroxylation is 1. The molecule has 3 aromatic rings. The Morgan fingerprint density at radius 3 is 2.24 bits per heavy atom. The van der Waals surface area contributed by atoms with Gasteiger partial charge in [-0.3, -0.25) is 0 Å². The van der Waals surface area contributed by atoms with E-state index in [1.54, 1.807) is 29.2 Å². The number of carbonyl (C=O) groups excluding carboxylic acids is 1. The molecule has 172 valence electrons. The first-order valence-corrected chi connectivity index (χ1v) is 10.2. The van der Waals surface area contributed by atoms with E-state index in [1.165, 1.54) is 0 Å². The van der Waals surface area contributed by atoms with Crippen molar-refractivity contribution in [2.75, 3.05) is 31.1 Å². The Kier molecular flexibility index (Phi) is 6.34. The molecular formula is C23H21F3N4O3. The smallest absolute Gasteiger partial charge is 0.417 e. The molecule has 0 spiro atoms. The molecular weight excluding hydrogens is 437 g/mol. The molecule has 4 rings (SSSR count). The van der Waals surface area contributed by atoms with E-state index < -0.39 is 17.8 Å². The van der Waals surface area contributed by atoms with Gasteiger partial charge in [0.05, 0.1) is 5.56 Å². The van der Waals surface area contributed by atoms with E-state index in [0.29, 0.717) is 43.9 Å². The van der Waals surface area contributed by atoms with Crippen molar-refractivity contribution in [3.8, 4) is 17.4 Å². The highest BCUT2D eigenvalue weighted by Crippen LogP contribution is 2.30. The van der Waals surface area contributed by atoms with Crippen LogP contribution in [0.3, 0.4) is 0 Å². The van der Waals surface area contributed by atoms with Crippen LogP contribution < -0.4 is 14.4 Å². The standard InChI is InChI=1S/C23H21F3N4O3/c1-16-3-2-4-20(28-16)29-11-13-30(14-12-29)22(31)33-19-8-6-18(7-9-19)32-21-10-5-17(15-27-21)23(24,25)26/h2-10,15H,11-14H2,1H3. The molecule has 33 heavy (non-hydrogen) atoms. The number of carbonyl (C=O) groups is 1. The Labute approximate surface area is 188 Å². The molecule has 0 unspecified atom stereocenters. The van der Waals surface area contributed by atoms with E-state index in [1.807, 2.05) is 25.1 Å². The highest BCUT2D eigenvalue weighted by Gasteiger charge is 2.30. The van der Waals surface area contributed by atoms with Crippen LogP contribution in [0, 0.1) is 6.92 Å². The monoisotopic (exact) mass is 458 g/mol. The van der Waals surface area contributed by atoms with E-state index in [-0.39, 0.29) is 5.88 Å². The van der Waals surface area contributed by atoms with Crippen LogP contribution in [-0.2, 0) is 6.18 Å². The zero-order valence-corrected chi connectivity index (χ0v) is 17.7. The molecule has 0 aliphatic carbocycles. The minimum absolute atomic E-state index is 0.0220. The predicted molar refractivity (Wildman–Crippen MR) is 115 cm³/mol. The molecule has 0 N–H and O–H groups in total. The SMILES string of the molecule is Cc1cccc(N2CCN(C(=O)Oc3ccc(Oc4ccc(C(F)(F)F)cn4)cc3)CC2)n1. The fourth-order valence-corrected chi connectivity index (χ4v) is 3.29. The first kappa shape index (κ1) is 22.4. The molecule has 0 bridgehead atoms. The van der Waals surface area contributed by atoms with Crippen molar-refractivity contribution in [1.82, 2.24) is 14.9 Å². The van der Waals surface area contributed by atoms with Crippen LogP contribution in [0.4, 0.5) is 23.8 Å². The second kappa shape index (κ2) is 9.35. The Hall–Kier alpha value is -3.82. The van der Waals surface area contributed by atoms with Gasteiger partial charge in [-0.05, 0) is 49.4 Å². The van der Waals surface area contributed by atoms with Crippen LogP contribution in [-0.4, -0.2) is 47.1 Å². The van der Waals surface area contributed by atoms with Gasteiger partial charge in [-0.2, -0.15) is 13.2 Å². The number of benzene rings is 1. The van der Waals surface area contributed by atoms with Crippen molar-refractivity contribution < 1.29 is 27.4 Å². The summed E-state index contributed by atoms with van der Waals surface area (Å²) in [5.41, 5.74) is 0.0870. The van der Waals surface area contributed by atoms with Gasteiger partial charge in [0.2, 0.25) is 5.88 Å². The molecule has 7 nitrogen and oxygen atoms in total. The van der Waals surface area contributed by atoms with Crippen molar-refractivity contribution in [3.63, 3.8) is 0 Å². The summed E-state index contributed by atoms with van der Waals surface area (Å²) in [6.07, 6.45) is -4.20. The molecule has 0 radical (unpaired) electrons. The lowest BCUT2D eigenvalue weighted by Crippen LogP contribution is -2.49. The van der Waals surface area contributed by atoms with Crippen LogP contribution in [0.25, 0.3) is 0 Å². The van der Waals surface area contributed by atoms with Gasteiger partial charge in [0, 0.05) is 44.1 Å². The van der Waals surface area contributed by atoms with Gasteiger partial charge in [-0.25, -0.2) is 14.8 Å². The number of alkyl halides is 3. The largest absolute Gasteiger partial charge is 0.439 e. The van der Waals surface area contributed by atoms with Crippen molar-refractivity contribution in [3.05, 3.63) is 72.1 Å². The van der Waals surface area contributed by atoms with Gasteiger partial charge in [-0.1, -0.05) is 6.07 Å². The van der Waals surface area contributed by atoms with Crippen LogP contribution in [0.5, 0.6) is 17.4 Å². The third-order valence-corrected chi connectivity index (χ3v) is 5.05. The number of nitrogens with zero attached hydrogens (tertiary/aromatic N) is 4. The molecule has 3 heterocycles. The number of rotatable bonds is 4. The number of piperazine rings is 1. The number of ether oxygens (including phenoxy) is 2. The zero-order chi connectivity index (χ0) is 23.4. The Morgan fingerprint density at radius 2 is 1.64 bits per heavy atom. The van der Waals surface area contributed by atoms with Gasteiger partial charge >= 0.3 is 12.3 Å². The molecule has 1 aliphatic rings. The average Bonchev–Trinajstić information content (AvgIpc) is 2.80.